The van der Waals surface area contributed by atoms with Gasteiger partial charge >= 0.3 is 0 Å². The van der Waals surface area contributed by atoms with Crippen LogP contribution in [0.15, 0.2) is 12.2 Å². The standard InChI is InChI=1S/C71H135NO18/c1-3-5-7-9-11-13-15-17-19-20-21-22-23-24-25-26-27-28-29-30-31-32-33-35-36-38-40-42-44-46-48-55(76)54(72-59(77)49-47-45-43-41-39-37-34-18-16-14-12-10-8-6-4-2)53-85-69-65(83)62(80)67(57(51-74)87-69)90-71-66(84)63(81)68(58(52-75)88-71)89-70-64(82)61(79)60(78)56(50-73)86-70/h46,48,54-58,60-71,73-76,78-84H,3-45,47,49-53H2,1-2H3,(H,72,77)/b48-46+. The van der Waals surface area contributed by atoms with E-state index < -0.39 is 124 Å². The van der Waals surface area contributed by atoms with Crippen LogP contribution >= 0.6 is 0 Å². The first-order chi connectivity index (χ1) is 43.8. The van der Waals surface area contributed by atoms with Gasteiger partial charge < -0.3 is 89.9 Å². The zero-order valence-corrected chi connectivity index (χ0v) is 56.4. The fourth-order valence-electron chi connectivity index (χ4n) is 12.8. The number of nitrogens with one attached hydrogen (secondary N) is 1. The topological polar surface area (TPSA) is 307 Å². The molecule has 90 heavy (non-hydrogen) atoms. The summed E-state index contributed by atoms with van der Waals surface area (Å²) in [7, 11) is 0. The minimum Gasteiger partial charge on any atom is -0.394 e. The zero-order valence-electron chi connectivity index (χ0n) is 56.4. The van der Waals surface area contributed by atoms with Gasteiger partial charge in [0.2, 0.25) is 5.91 Å². The third-order valence-electron chi connectivity index (χ3n) is 18.8. The van der Waals surface area contributed by atoms with E-state index in [1.807, 2.05) is 6.08 Å². The fourth-order valence-corrected chi connectivity index (χ4v) is 12.8. The maximum Gasteiger partial charge on any atom is 0.220 e. The highest BCUT2D eigenvalue weighted by atomic mass is 16.8. The van der Waals surface area contributed by atoms with E-state index in [9.17, 15) is 61.0 Å². The molecule has 3 aliphatic heterocycles. The summed E-state index contributed by atoms with van der Waals surface area (Å²) in [6.07, 6.45) is 33.5. The Labute approximate surface area is 544 Å². The predicted octanol–water partition coefficient (Wildman–Crippen LogP) is 10.4. The molecular weight excluding hydrogens is 1150 g/mol. The van der Waals surface area contributed by atoms with Crippen LogP contribution in [0.2, 0.25) is 0 Å². The van der Waals surface area contributed by atoms with Gasteiger partial charge in [0.15, 0.2) is 18.9 Å². The summed E-state index contributed by atoms with van der Waals surface area (Å²) in [6.45, 7) is 1.77. The lowest BCUT2D eigenvalue weighted by molar-refractivity contribution is -0.379. The van der Waals surface area contributed by atoms with Gasteiger partial charge in [0.05, 0.1) is 38.6 Å². The molecule has 3 heterocycles. The summed E-state index contributed by atoms with van der Waals surface area (Å²) in [4.78, 5) is 13.4. The average molecular weight is 1290 g/mol. The van der Waals surface area contributed by atoms with Gasteiger partial charge in [-0.05, 0) is 19.3 Å². The van der Waals surface area contributed by atoms with Crippen LogP contribution in [0.3, 0.4) is 0 Å². The molecule has 17 unspecified atom stereocenters. The summed E-state index contributed by atoms with van der Waals surface area (Å²) in [5.74, 6) is -0.270. The van der Waals surface area contributed by atoms with E-state index in [2.05, 4.69) is 19.2 Å². The van der Waals surface area contributed by atoms with Crippen molar-refractivity contribution in [3.8, 4) is 0 Å². The molecule has 0 aromatic rings. The monoisotopic (exact) mass is 1290 g/mol. The summed E-state index contributed by atoms with van der Waals surface area (Å²) in [6, 6.07) is -0.968. The smallest absolute Gasteiger partial charge is 0.220 e. The quantitative estimate of drug-likeness (QED) is 0.0199. The van der Waals surface area contributed by atoms with Crippen molar-refractivity contribution in [2.45, 2.75) is 407 Å². The van der Waals surface area contributed by atoms with Crippen LogP contribution in [-0.2, 0) is 33.2 Å². The van der Waals surface area contributed by atoms with E-state index in [1.54, 1.807) is 6.08 Å². The Balaban J connectivity index is 1.39. The van der Waals surface area contributed by atoms with Gasteiger partial charge in [-0.1, -0.05) is 289 Å². The first-order valence-electron chi connectivity index (χ1n) is 36.9. The molecule has 19 heteroatoms. The number of ether oxygens (including phenoxy) is 6. The Hall–Kier alpha value is -1.47. The molecule has 1 amide bonds. The molecule has 0 saturated carbocycles. The summed E-state index contributed by atoms with van der Waals surface area (Å²) < 4.78 is 34.4. The SMILES string of the molecule is CCCCCCCCCCCCCCCCCCCCCCCCCCCCCC/C=C/C(O)C(COC1OC(CO)C(OC2OC(CO)C(OC3OC(CO)C(O)C(O)C3O)C(O)C2O)C(O)C1O)NC(=O)CCCCCCCCCCCCCCCCC. The largest absolute Gasteiger partial charge is 0.394 e. The molecule has 3 aliphatic rings. The number of hydrogen-bond donors (Lipinski definition) is 12. The second-order valence-electron chi connectivity index (χ2n) is 26.8. The van der Waals surface area contributed by atoms with Gasteiger partial charge in [0, 0.05) is 6.42 Å². The van der Waals surface area contributed by atoms with Gasteiger partial charge in [-0.25, -0.2) is 0 Å². The normalized spacial score (nSPS) is 28.0. The van der Waals surface area contributed by atoms with Crippen LogP contribution in [0.5, 0.6) is 0 Å². The van der Waals surface area contributed by atoms with Crippen LogP contribution < -0.4 is 5.32 Å². The first-order valence-corrected chi connectivity index (χ1v) is 36.9. The molecule has 0 radical (unpaired) electrons. The van der Waals surface area contributed by atoms with Crippen molar-refractivity contribution in [3.05, 3.63) is 12.2 Å². The van der Waals surface area contributed by atoms with Crippen molar-refractivity contribution in [2.24, 2.45) is 0 Å². The predicted molar refractivity (Wildman–Crippen MR) is 351 cm³/mol. The number of rotatable bonds is 58. The molecule has 17 atom stereocenters. The van der Waals surface area contributed by atoms with E-state index in [0.717, 1.165) is 44.9 Å². The fraction of sp³-hybridized carbons (Fsp3) is 0.958. The highest BCUT2D eigenvalue weighted by Crippen LogP contribution is 2.33. The zero-order chi connectivity index (χ0) is 65.4. The molecule has 3 rings (SSSR count). The highest BCUT2D eigenvalue weighted by molar-refractivity contribution is 5.76. The van der Waals surface area contributed by atoms with Crippen molar-refractivity contribution in [1.29, 1.82) is 0 Å². The summed E-state index contributed by atoms with van der Waals surface area (Å²) >= 11 is 0. The van der Waals surface area contributed by atoms with E-state index in [1.165, 1.54) is 231 Å². The van der Waals surface area contributed by atoms with Crippen molar-refractivity contribution >= 4 is 5.91 Å². The molecule has 0 spiro atoms. The van der Waals surface area contributed by atoms with Crippen molar-refractivity contribution < 1.29 is 89.4 Å². The van der Waals surface area contributed by atoms with Crippen molar-refractivity contribution in [3.63, 3.8) is 0 Å². The van der Waals surface area contributed by atoms with Crippen molar-refractivity contribution in [2.75, 3.05) is 26.4 Å². The third-order valence-corrected chi connectivity index (χ3v) is 18.8. The number of carbonyl (C=O) groups is 1. The number of unbranched alkanes of at least 4 members (excludes halogenated alkanes) is 42. The van der Waals surface area contributed by atoms with E-state index in [0.29, 0.717) is 6.42 Å². The maximum absolute atomic E-state index is 13.4. The molecule has 12 N–H and O–H groups in total. The number of allylic oxidation sites excluding steroid dienone is 1. The van der Waals surface area contributed by atoms with E-state index >= 15 is 0 Å². The molecule has 19 nitrogen and oxygen atoms in total. The third kappa shape index (κ3) is 35.0. The number of aliphatic hydroxyl groups is 11. The van der Waals surface area contributed by atoms with Gasteiger partial charge in [-0.15, -0.1) is 0 Å². The maximum atomic E-state index is 13.4. The Kier molecular flexibility index (Phi) is 49.3. The number of carbonyl (C=O) groups excluding carboxylic acids is 1. The molecule has 3 fully saturated rings. The van der Waals surface area contributed by atoms with Crippen LogP contribution in [-0.4, -0.2) is 193 Å². The minimum absolute atomic E-state index is 0.249. The summed E-state index contributed by atoms with van der Waals surface area (Å²) in [5, 5.41) is 121. The van der Waals surface area contributed by atoms with E-state index in [-0.39, 0.29) is 18.9 Å². The van der Waals surface area contributed by atoms with Crippen LogP contribution in [0.4, 0.5) is 0 Å². The Morgan fingerprint density at radius 3 is 1.04 bits per heavy atom. The lowest BCUT2D eigenvalue weighted by Gasteiger charge is -2.48. The van der Waals surface area contributed by atoms with Gasteiger partial charge in [-0.3, -0.25) is 4.79 Å². The molecule has 3 saturated heterocycles. The van der Waals surface area contributed by atoms with E-state index in [4.69, 9.17) is 28.4 Å². The first kappa shape index (κ1) is 82.8. The number of aliphatic hydroxyl groups excluding tert-OH is 11. The minimum atomic E-state index is -1.98. The highest BCUT2D eigenvalue weighted by Gasteiger charge is 2.53. The number of hydrogen-bond acceptors (Lipinski definition) is 18. The Bertz CT molecular complexity index is 1680. The molecular formula is C71H135NO18. The molecule has 532 valence electrons. The second kappa shape index (κ2) is 53.6. The molecule has 0 aromatic carbocycles. The lowest BCUT2D eigenvalue weighted by Crippen LogP contribution is -2.66. The van der Waals surface area contributed by atoms with Gasteiger partial charge in [0.1, 0.15) is 73.2 Å². The average Bonchev–Trinajstić information content (AvgIpc) is 1.03. The summed E-state index contributed by atoms with van der Waals surface area (Å²) in [5.41, 5.74) is 0. The number of amides is 1. The van der Waals surface area contributed by atoms with Crippen LogP contribution in [0, 0.1) is 0 Å². The molecule has 0 aromatic heterocycles. The lowest BCUT2D eigenvalue weighted by atomic mass is 9.96. The van der Waals surface area contributed by atoms with Crippen molar-refractivity contribution in [1.82, 2.24) is 5.32 Å². The Morgan fingerprint density at radius 1 is 0.389 bits per heavy atom. The Morgan fingerprint density at radius 2 is 0.689 bits per heavy atom. The van der Waals surface area contributed by atoms with Crippen LogP contribution in [0.25, 0.3) is 0 Å². The van der Waals surface area contributed by atoms with Gasteiger partial charge in [0.25, 0.3) is 0 Å². The molecule has 0 bridgehead atoms. The van der Waals surface area contributed by atoms with Crippen LogP contribution in [0.1, 0.15) is 303 Å². The van der Waals surface area contributed by atoms with Gasteiger partial charge in [-0.2, -0.15) is 0 Å². The second-order valence-corrected chi connectivity index (χ2v) is 26.8. The molecule has 0 aliphatic carbocycles.